The van der Waals surface area contributed by atoms with Gasteiger partial charge in [0.15, 0.2) is 0 Å². The Balaban J connectivity index is 2.70. The van der Waals surface area contributed by atoms with E-state index in [0.29, 0.717) is 13.0 Å². The molecule has 1 heterocycles. The highest BCUT2D eigenvalue weighted by atomic mass is 16.4. The molecule has 6 heteroatoms. The standard InChI is InChI=1S/C12H22N2O4/c1-12(2,10(13)11(17)18)8-5-7(3-4-14-8)6-9(15)16/h7-8,10,14H,3-6,13H2,1-2H3,(H,15,16)(H,17,18). The summed E-state index contributed by atoms with van der Waals surface area (Å²) in [6, 6.07) is -1.03. The third-order valence-electron chi connectivity index (χ3n) is 3.94. The molecule has 0 radical (unpaired) electrons. The van der Waals surface area contributed by atoms with Gasteiger partial charge in [-0.1, -0.05) is 13.8 Å². The number of nitrogens with one attached hydrogen (secondary N) is 1. The predicted molar refractivity (Wildman–Crippen MR) is 66.2 cm³/mol. The summed E-state index contributed by atoms with van der Waals surface area (Å²) in [4.78, 5) is 21.7. The van der Waals surface area contributed by atoms with Gasteiger partial charge in [-0.3, -0.25) is 9.59 Å². The summed E-state index contributed by atoms with van der Waals surface area (Å²) >= 11 is 0. The summed E-state index contributed by atoms with van der Waals surface area (Å²) in [6.45, 7) is 4.33. The molecular weight excluding hydrogens is 236 g/mol. The summed E-state index contributed by atoms with van der Waals surface area (Å²) < 4.78 is 0. The van der Waals surface area contributed by atoms with Crippen LogP contribution in [0.2, 0.25) is 0 Å². The van der Waals surface area contributed by atoms with Crippen LogP contribution >= 0.6 is 0 Å². The molecule has 3 unspecified atom stereocenters. The number of aliphatic carboxylic acids is 2. The van der Waals surface area contributed by atoms with Crippen LogP contribution in [0.5, 0.6) is 0 Å². The van der Waals surface area contributed by atoms with Gasteiger partial charge in [0.25, 0.3) is 0 Å². The van der Waals surface area contributed by atoms with E-state index in [1.807, 2.05) is 13.8 Å². The minimum absolute atomic E-state index is 0.0679. The van der Waals surface area contributed by atoms with Gasteiger partial charge in [0.2, 0.25) is 0 Å². The Labute approximate surface area is 107 Å². The predicted octanol–water partition coefficient (Wildman–Crippen LogP) is 0.267. The zero-order valence-electron chi connectivity index (χ0n) is 10.8. The van der Waals surface area contributed by atoms with Crippen molar-refractivity contribution in [3.8, 4) is 0 Å². The van der Waals surface area contributed by atoms with Gasteiger partial charge < -0.3 is 21.3 Å². The lowest BCUT2D eigenvalue weighted by atomic mass is 9.72. The normalized spacial score (nSPS) is 26.6. The SMILES string of the molecule is CC(C)(C1CC(CC(=O)O)CCN1)C(N)C(=O)O. The molecule has 104 valence electrons. The summed E-state index contributed by atoms with van der Waals surface area (Å²) in [7, 11) is 0. The lowest BCUT2D eigenvalue weighted by Crippen LogP contribution is -2.57. The van der Waals surface area contributed by atoms with Crippen molar-refractivity contribution in [2.45, 2.75) is 45.2 Å². The molecule has 1 fully saturated rings. The van der Waals surface area contributed by atoms with Gasteiger partial charge in [0, 0.05) is 17.9 Å². The molecule has 1 rings (SSSR count). The van der Waals surface area contributed by atoms with E-state index < -0.39 is 23.4 Å². The van der Waals surface area contributed by atoms with Crippen LogP contribution in [-0.4, -0.2) is 40.8 Å². The fourth-order valence-corrected chi connectivity index (χ4v) is 2.53. The number of carbonyl (C=O) groups is 2. The van der Waals surface area contributed by atoms with Crippen molar-refractivity contribution in [2.24, 2.45) is 17.1 Å². The summed E-state index contributed by atoms with van der Waals surface area (Å²) in [6.07, 6.45) is 1.60. The topological polar surface area (TPSA) is 113 Å². The zero-order valence-corrected chi connectivity index (χ0v) is 10.8. The van der Waals surface area contributed by atoms with E-state index >= 15 is 0 Å². The van der Waals surface area contributed by atoms with Gasteiger partial charge in [0.05, 0.1) is 0 Å². The second-order valence-corrected chi connectivity index (χ2v) is 5.63. The first kappa shape index (κ1) is 14.9. The number of rotatable bonds is 5. The summed E-state index contributed by atoms with van der Waals surface area (Å²) in [5, 5.41) is 21.1. The second kappa shape index (κ2) is 5.67. The quantitative estimate of drug-likeness (QED) is 0.563. The molecule has 1 aliphatic heterocycles. The van der Waals surface area contributed by atoms with Gasteiger partial charge in [-0.15, -0.1) is 0 Å². The smallest absolute Gasteiger partial charge is 0.321 e. The molecule has 0 aliphatic carbocycles. The van der Waals surface area contributed by atoms with E-state index in [-0.39, 0.29) is 18.4 Å². The molecule has 1 saturated heterocycles. The van der Waals surface area contributed by atoms with Crippen molar-refractivity contribution in [1.29, 1.82) is 0 Å². The lowest BCUT2D eigenvalue weighted by Gasteiger charge is -2.42. The van der Waals surface area contributed by atoms with E-state index in [0.717, 1.165) is 6.42 Å². The summed E-state index contributed by atoms with van der Waals surface area (Å²) in [5.41, 5.74) is 5.11. The Hall–Kier alpha value is -1.14. The molecule has 0 amide bonds. The average Bonchev–Trinajstić information content (AvgIpc) is 2.27. The maximum Gasteiger partial charge on any atom is 0.321 e. The number of nitrogens with two attached hydrogens (primary N) is 1. The molecule has 6 nitrogen and oxygen atoms in total. The van der Waals surface area contributed by atoms with E-state index in [1.54, 1.807) is 0 Å². The van der Waals surface area contributed by atoms with Crippen molar-refractivity contribution in [3.05, 3.63) is 0 Å². The van der Waals surface area contributed by atoms with Gasteiger partial charge >= 0.3 is 11.9 Å². The van der Waals surface area contributed by atoms with Crippen LogP contribution < -0.4 is 11.1 Å². The highest BCUT2D eigenvalue weighted by Crippen LogP contribution is 2.33. The number of carboxylic acids is 2. The molecule has 0 aromatic rings. The lowest BCUT2D eigenvalue weighted by molar-refractivity contribution is -0.143. The molecule has 0 aromatic carbocycles. The van der Waals surface area contributed by atoms with Gasteiger partial charge in [-0.2, -0.15) is 0 Å². The molecule has 0 bridgehead atoms. The van der Waals surface area contributed by atoms with Crippen LogP contribution in [0.1, 0.15) is 33.1 Å². The van der Waals surface area contributed by atoms with Crippen molar-refractivity contribution < 1.29 is 19.8 Å². The van der Waals surface area contributed by atoms with Crippen molar-refractivity contribution in [1.82, 2.24) is 5.32 Å². The Morgan fingerprint density at radius 2 is 2.06 bits per heavy atom. The van der Waals surface area contributed by atoms with Crippen molar-refractivity contribution >= 4 is 11.9 Å². The van der Waals surface area contributed by atoms with Crippen LogP contribution in [0, 0.1) is 11.3 Å². The van der Waals surface area contributed by atoms with E-state index in [9.17, 15) is 9.59 Å². The Kier molecular flexibility index (Phi) is 4.70. The Bertz CT molecular complexity index is 330. The fraction of sp³-hybridized carbons (Fsp3) is 0.833. The largest absolute Gasteiger partial charge is 0.481 e. The van der Waals surface area contributed by atoms with Crippen LogP contribution in [0.15, 0.2) is 0 Å². The summed E-state index contributed by atoms with van der Waals surface area (Å²) in [5.74, 6) is -1.74. The van der Waals surface area contributed by atoms with E-state index in [4.69, 9.17) is 15.9 Å². The molecule has 5 N–H and O–H groups in total. The average molecular weight is 258 g/mol. The maximum atomic E-state index is 11.0. The fourth-order valence-electron chi connectivity index (χ4n) is 2.53. The van der Waals surface area contributed by atoms with Gasteiger partial charge in [0.1, 0.15) is 6.04 Å². The van der Waals surface area contributed by atoms with E-state index in [1.165, 1.54) is 0 Å². The van der Waals surface area contributed by atoms with Gasteiger partial charge in [-0.25, -0.2) is 0 Å². The third-order valence-corrected chi connectivity index (χ3v) is 3.94. The Morgan fingerprint density at radius 3 is 2.56 bits per heavy atom. The van der Waals surface area contributed by atoms with Crippen LogP contribution in [0.4, 0.5) is 0 Å². The minimum Gasteiger partial charge on any atom is -0.481 e. The molecule has 18 heavy (non-hydrogen) atoms. The van der Waals surface area contributed by atoms with Crippen molar-refractivity contribution in [3.63, 3.8) is 0 Å². The first-order chi connectivity index (χ1) is 8.25. The minimum atomic E-state index is -1.03. The molecule has 3 atom stereocenters. The van der Waals surface area contributed by atoms with Crippen LogP contribution in [0.3, 0.4) is 0 Å². The highest BCUT2D eigenvalue weighted by Gasteiger charge is 2.41. The van der Waals surface area contributed by atoms with Crippen LogP contribution in [-0.2, 0) is 9.59 Å². The van der Waals surface area contributed by atoms with E-state index in [2.05, 4.69) is 5.32 Å². The number of carboxylic acid groups (broad SMARTS) is 2. The first-order valence-corrected chi connectivity index (χ1v) is 6.18. The third kappa shape index (κ3) is 3.43. The van der Waals surface area contributed by atoms with Crippen molar-refractivity contribution in [2.75, 3.05) is 6.54 Å². The number of hydrogen-bond donors (Lipinski definition) is 4. The molecule has 0 aromatic heterocycles. The molecule has 0 spiro atoms. The highest BCUT2D eigenvalue weighted by molar-refractivity contribution is 5.74. The maximum absolute atomic E-state index is 11.0. The molecular formula is C12H22N2O4. The molecule has 1 aliphatic rings. The second-order valence-electron chi connectivity index (χ2n) is 5.63. The number of hydrogen-bond acceptors (Lipinski definition) is 4. The number of piperidine rings is 1. The van der Waals surface area contributed by atoms with Gasteiger partial charge in [-0.05, 0) is 25.3 Å². The first-order valence-electron chi connectivity index (χ1n) is 6.18. The molecule has 0 saturated carbocycles. The monoisotopic (exact) mass is 258 g/mol. The Morgan fingerprint density at radius 1 is 1.44 bits per heavy atom. The zero-order chi connectivity index (χ0) is 13.9. The van der Waals surface area contributed by atoms with Crippen LogP contribution in [0.25, 0.3) is 0 Å².